The predicted octanol–water partition coefficient (Wildman–Crippen LogP) is 3.57. The van der Waals surface area contributed by atoms with Crippen LogP contribution in [0.15, 0.2) is 29.4 Å². The fourth-order valence-electron chi connectivity index (χ4n) is 2.93. The molecule has 1 saturated carbocycles. The first-order valence-electron chi connectivity index (χ1n) is 8.64. The molecule has 0 saturated heterocycles. The highest BCUT2D eigenvalue weighted by molar-refractivity contribution is 8.00. The molecule has 128 valence electrons. The van der Waals surface area contributed by atoms with E-state index in [1.807, 2.05) is 19.1 Å². The van der Waals surface area contributed by atoms with Gasteiger partial charge in [0.2, 0.25) is 11.1 Å². The minimum Gasteiger partial charge on any atom is -0.352 e. The molecular formula is C18H24N4OS. The van der Waals surface area contributed by atoms with E-state index >= 15 is 0 Å². The van der Waals surface area contributed by atoms with E-state index in [9.17, 15) is 4.79 Å². The first-order chi connectivity index (χ1) is 11.7. The van der Waals surface area contributed by atoms with Gasteiger partial charge in [0.05, 0.1) is 5.25 Å². The van der Waals surface area contributed by atoms with E-state index < -0.39 is 0 Å². The van der Waals surface area contributed by atoms with Gasteiger partial charge in [0, 0.05) is 11.6 Å². The molecule has 1 fully saturated rings. The molecule has 0 unspecified atom stereocenters. The summed E-state index contributed by atoms with van der Waals surface area (Å²) in [6.45, 7) is 4.04. The van der Waals surface area contributed by atoms with Gasteiger partial charge in [-0.2, -0.15) is 0 Å². The zero-order valence-electron chi connectivity index (χ0n) is 14.2. The summed E-state index contributed by atoms with van der Waals surface area (Å²) in [6.07, 6.45) is 5.65. The maximum Gasteiger partial charge on any atom is 0.233 e. The smallest absolute Gasteiger partial charge is 0.233 e. The maximum atomic E-state index is 12.3. The lowest BCUT2D eigenvalue weighted by Crippen LogP contribution is -2.37. The van der Waals surface area contributed by atoms with Crippen LogP contribution in [0.4, 0.5) is 0 Å². The molecule has 0 spiro atoms. The molecule has 1 aromatic heterocycles. The van der Waals surface area contributed by atoms with Crippen molar-refractivity contribution in [1.29, 1.82) is 0 Å². The summed E-state index contributed by atoms with van der Waals surface area (Å²) in [4.78, 5) is 16.8. The zero-order chi connectivity index (χ0) is 16.9. The number of aromatic amines is 1. The van der Waals surface area contributed by atoms with Crippen molar-refractivity contribution in [2.45, 2.75) is 62.4 Å². The molecule has 6 heteroatoms. The van der Waals surface area contributed by atoms with Crippen LogP contribution in [0.3, 0.4) is 0 Å². The number of aryl methyl sites for hydroxylation is 1. The van der Waals surface area contributed by atoms with Crippen LogP contribution < -0.4 is 5.32 Å². The summed E-state index contributed by atoms with van der Waals surface area (Å²) in [5.41, 5.74) is 2.31. The number of benzene rings is 1. The van der Waals surface area contributed by atoms with E-state index in [2.05, 4.69) is 39.6 Å². The highest BCUT2D eigenvalue weighted by atomic mass is 32.2. The van der Waals surface area contributed by atoms with Crippen LogP contribution in [-0.2, 0) is 11.2 Å². The van der Waals surface area contributed by atoms with E-state index in [1.165, 1.54) is 30.2 Å². The third kappa shape index (κ3) is 4.17. The van der Waals surface area contributed by atoms with Gasteiger partial charge in [0.1, 0.15) is 0 Å². The lowest BCUT2D eigenvalue weighted by atomic mass is 10.1. The number of carbonyl (C=O) groups excluding carboxylic acids is 1. The summed E-state index contributed by atoms with van der Waals surface area (Å²) in [6, 6.07) is 8.64. The number of carbonyl (C=O) groups is 1. The summed E-state index contributed by atoms with van der Waals surface area (Å²) in [5, 5.41) is 10.7. The largest absolute Gasteiger partial charge is 0.352 e. The fraction of sp³-hybridized carbons (Fsp3) is 0.500. The number of aromatic nitrogens is 3. The quantitative estimate of drug-likeness (QED) is 0.786. The second-order valence-electron chi connectivity index (χ2n) is 6.27. The van der Waals surface area contributed by atoms with Crippen LogP contribution in [0.1, 0.15) is 45.1 Å². The van der Waals surface area contributed by atoms with Crippen LogP contribution in [0.25, 0.3) is 11.4 Å². The second-order valence-corrected chi connectivity index (χ2v) is 7.58. The lowest BCUT2D eigenvalue weighted by molar-refractivity contribution is -0.120. The Morgan fingerprint density at radius 1 is 1.33 bits per heavy atom. The minimum atomic E-state index is -0.197. The summed E-state index contributed by atoms with van der Waals surface area (Å²) >= 11 is 1.39. The van der Waals surface area contributed by atoms with Gasteiger partial charge >= 0.3 is 0 Å². The Labute approximate surface area is 147 Å². The SMILES string of the molecule is CCc1ccc(-c2nc(S[C@@H](C)C(=O)NC3CCCC3)n[nH]2)cc1. The second kappa shape index (κ2) is 7.83. The van der Waals surface area contributed by atoms with Crippen molar-refractivity contribution < 1.29 is 4.79 Å². The molecule has 2 aromatic rings. The Morgan fingerprint density at radius 2 is 2.04 bits per heavy atom. The number of nitrogens with zero attached hydrogens (tertiary/aromatic N) is 2. The average molecular weight is 344 g/mol. The molecule has 1 atom stereocenters. The third-order valence-electron chi connectivity index (χ3n) is 4.45. The molecule has 3 rings (SSSR count). The van der Waals surface area contributed by atoms with Crippen LogP contribution in [0.5, 0.6) is 0 Å². The molecular weight excluding hydrogens is 320 g/mol. The van der Waals surface area contributed by atoms with Crippen molar-refractivity contribution in [3.05, 3.63) is 29.8 Å². The van der Waals surface area contributed by atoms with Gasteiger partial charge in [-0.25, -0.2) is 4.98 Å². The molecule has 0 aliphatic heterocycles. The zero-order valence-corrected chi connectivity index (χ0v) is 15.0. The Kier molecular flexibility index (Phi) is 5.56. The van der Waals surface area contributed by atoms with Crippen molar-refractivity contribution in [3.63, 3.8) is 0 Å². The van der Waals surface area contributed by atoms with Crippen LogP contribution in [0, 0.1) is 0 Å². The standard InChI is InChI=1S/C18H24N4OS/c1-3-13-8-10-14(11-9-13)16-20-18(22-21-16)24-12(2)17(23)19-15-6-4-5-7-15/h8-12,15H,3-7H2,1-2H3,(H,19,23)(H,20,21,22)/t12-/m0/s1. The van der Waals surface area contributed by atoms with E-state index in [4.69, 9.17) is 0 Å². The Morgan fingerprint density at radius 3 is 2.71 bits per heavy atom. The molecule has 1 heterocycles. The number of nitrogens with one attached hydrogen (secondary N) is 2. The summed E-state index contributed by atoms with van der Waals surface area (Å²) < 4.78 is 0. The van der Waals surface area contributed by atoms with Gasteiger partial charge < -0.3 is 5.32 Å². The molecule has 0 bridgehead atoms. The number of hydrogen-bond acceptors (Lipinski definition) is 4. The van der Waals surface area contributed by atoms with E-state index in [-0.39, 0.29) is 11.2 Å². The van der Waals surface area contributed by atoms with E-state index in [0.717, 1.165) is 30.7 Å². The van der Waals surface area contributed by atoms with Gasteiger partial charge in [-0.05, 0) is 31.7 Å². The van der Waals surface area contributed by atoms with Gasteiger partial charge in [0.25, 0.3) is 0 Å². The van der Waals surface area contributed by atoms with Crippen molar-refractivity contribution in [1.82, 2.24) is 20.5 Å². The number of amides is 1. The first kappa shape index (κ1) is 17.0. The van der Waals surface area contributed by atoms with Crippen molar-refractivity contribution in [2.75, 3.05) is 0 Å². The van der Waals surface area contributed by atoms with Gasteiger partial charge in [-0.3, -0.25) is 9.89 Å². The minimum absolute atomic E-state index is 0.0746. The maximum absolute atomic E-state index is 12.3. The molecule has 1 aromatic carbocycles. The molecule has 1 aliphatic rings. The lowest BCUT2D eigenvalue weighted by Gasteiger charge is -2.15. The Hall–Kier alpha value is -1.82. The third-order valence-corrected chi connectivity index (χ3v) is 5.41. The van der Waals surface area contributed by atoms with Crippen LogP contribution in [-0.4, -0.2) is 32.4 Å². The molecule has 1 amide bonds. The van der Waals surface area contributed by atoms with E-state index in [0.29, 0.717) is 11.2 Å². The molecule has 1 aliphatic carbocycles. The summed E-state index contributed by atoms with van der Waals surface area (Å²) in [5.74, 6) is 0.814. The highest BCUT2D eigenvalue weighted by Crippen LogP contribution is 2.24. The highest BCUT2D eigenvalue weighted by Gasteiger charge is 2.22. The van der Waals surface area contributed by atoms with Crippen molar-refractivity contribution in [2.24, 2.45) is 0 Å². The molecule has 24 heavy (non-hydrogen) atoms. The van der Waals surface area contributed by atoms with E-state index in [1.54, 1.807) is 0 Å². The fourth-order valence-corrected chi connectivity index (χ4v) is 3.66. The topological polar surface area (TPSA) is 70.7 Å². The number of rotatable bonds is 6. The molecule has 5 nitrogen and oxygen atoms in total. The number of H-pyrrole nitrogens is 1. The number of hydrogen-bond donors (Lipinski definition) is 2. The monoisotopic (exact) mass is 344 g/mol. The summed E-state index contributed by atoms with van der Waals surface area (Å²) in [7, 11) is 0. The predicted molar refractivity (Wildman–Crippen MR) is 96.9 cm³/mol. The Balaban J connectivity index is 1.59. The molecule has 2 N–H and O–H groups in total. The van der Waals surface area contributed by atoms with Crippen LogP contribution in [0.2, 0.25) is 0 Å². The van der Waals surface area contributed by atoms with Gasteiger partial charge in [-0.15, -0.1) is 5.10 Å². The number of thioether (sulfide) groups is 1. The van der Waals surface area contributed by atoms with Crippen molar-refractivity contribution >= 4 is 17.7 Å². The van der Waals surface area contributed by atoms with Crippen LogP contribution >= 0.6 is 11.8 Å². The average Bonchev–Trinajstić information content (AvgIpc) is 3.27. The molecule has 0 radical (unpaired) electrons. The normalized spacial score (nSPS) is 16.2. The Bertz CT molecular complexity index is 677. The van der Waals surface area contributed by atoms with Gasteiger partial charge in [0.15, 0.2) is 5.82 Å². The van der Waals surface area contributed by atoms with Gasteiger partial charge in [-0.1, -0.05) is 55.8 Å². The van der Waals surface area contributed by atoms with Crippen molar-refractivity contribution in [3.8, 4) is 11.4 Å². The first-order valence-corrected chi connectivity index (χ1v) is 9.52.